The smallest absolute Gasteiger partial charge is 0.388 e. The first-order valence-corrected chi connectivity index (χ1v) is 8.50. The molecule has 25 heavy (non-hydrogen) atoms. The van der Waals surface area contributed by atoms with Gasteiger partial charge in [0.15, 0.2) is 11.5 Å². The number of hydrogen-bond acceptors (Lipinski definition) is 9. The number of hydrogen-bond donors (Lipinski definition) is 5. The van der Waals surface area contributed by atoms with Crippen LogP contribution in [0, 0.1) is 0 Å². The predicted octanol–water partition coefficient (Wildman–Crippen LogP) is -0.666. The molecule has 0 aliphatic heterocycles. The van der Waals surface area contributed by atoms with Crippen LogP contribution < -0.4 is 11.5 Å². The molecule has 0 bridgehead atoms. The van der Waals surface area contributed by atoms with Crippen molar-refractivity contribution in [1.82, 2.24) is 19.5 Å². The van der Waals surface area contributed by atoms with Crippen molar-refractivity contribution >= 4 is 30.8 Å². The first-order chi connectivity index (χ1) is 11.6. The number of phosphoric ester groups is 1. The number of halogens is 1. The van der Waals surface area contributed by atoms with E-state index < -0.39 is 39.5 Å². The minimum atomic E-state index is -4.81. The molecule has 0 fully saturated rings. The van der Waals surface area contributed by atoms with Gasteiger partial charge in [0.05, 0.1) is 12.9 Å². The maximum Gasteiger partial charge on any atom is 0.469 e. The summed E-state index contributed by atoms with van der Waals surface area (Å²) in [6, 6.07) is 0. The zero-order chi connectivity index (χ0) is 18.8. The van der Waals surface area contributed by atoms with Crippen LogP contribution in [0.2, 0.25) is 0 Å². The average molecular weight is 380 g/mol. The van der Waals surface area contributed by atoms with E-state index in [1.807, 2.05) is 0 Å². The van der Waals surface area contributed by atoms with Gasteiger partial charge in [0.1, 0.15) is 30.6 Å². The normalized spacial score (nSPS) is 16.0. The molecule has 0 radical (unpaired) electrons. The number of ether oxygens (including phenoxy) is 1. The lowest BCUT2D eigenvalue weighted by Crippen LogP contribution is -2.36. The van der Waals surface area contributed by atoms with Crippen LogP contribution in [0.3, 0.4) is 0 Å². The van der Waals surface area contributed by atoms with E-state index in [0.717, 1.165) is 0 Å². The van der Waals surface area contributed by atoms with Crippen molar-refractivity contribution in [1.29, 1.82) is 0 Å². The third-order valence-electron chi connectivity index (χ3n) is 3.22. The van der Waals surface area contributed by atoms with Crippen LogP contribution in [0.4, 0.5) is 16.2 Å². The second kappa shape index (κ2) is 7.56. The first kappa shape index (κ1) is 19.4. The Labute approximate surface area is 140 Å². The summed E-state index contributed by atoms with van der Waals surface area (Å²) in [5.74, 6) is -0.0391. The molecular weight excluding hydrogens is 362 g/mol. The molecule has 0 aromatic carbocycles. The first-order valence-electron chi connectivity index (χ1n) is 6.97. The number of alkyl halides is 1. The Morgan fingerprint density at radius 2 is 2.08 bits per heavy atom. The number of aliphatic hydroxyl groups excluding tert-OH is 1. The van der Waals surface area contributed by atoms with Crippen molar-refractivity contribution in [2.24, 2.45) is 0 Å². The Morgan fingerprint density at radius 3 is 2.68 bits per heavy atom. The van der Waals surface area contributed by atoms with Crippen LogP contribution in [0.15, 0.2) is 6.33 Å². The van der Waals surface area contributed by atoms with Crippen molar-refractivity contribution in [3.05, 3.63) is 6.33 Å². The molecule has 140 valence electrons. The third-order valence-corrected chi connectivity index (χ3v) is 3.71. The fraction of sp³-hybridized carbons (Fsp3) is 0.545. The quantitative estimate of drug-likeness (QED) is 0.365. The van der Waals surface area contributed by atoms with Crippen LogP contribution in [0.5, 0.6) is 0 Å². The van der Waals surface area contributed by atoms with E-state index >= 15 is 0 Å². The average Bonchev–Trinajstić information content (AvgIpc) is 2.93. The summed E-state index contributed by atoms with van der Waals surface area (Å²) >= 11 is 0. The second-order valence-corrected chi connectivity index (χ2v) is 6.31. The van der Waals surface area contributed by atoms with Crippen molar-refractivity contribution in [2.45, 2.75) is 25.4 Å². The molecule has 14 heteroatoms. The number of nitrogens with zero attached hydrogens (tertiary/aromatic N) is 4. The molecule has 2 unspecified atom stereocenters. The monoisotopic (exact) mass is 380 g/mol. The molecular formula is C11H18FN6O6P. The molecule has 0 amide bonds. The van der Waals surface area contributed by atoms with Crippen molar-refractivity contribution in [3.63, 3.8) is 0 Å². The van der Waals surface area contributed by atoms with E-state index in [4.69, 9.17) is 26.0 Å². The highest BCUT2D eigenvalue weighted by atomic mass is 31.2. The Kier molecular flexibility index (Phi) is 5.87. The molecule has 0 aliphatic rings. The minimum absolute atomic E-state index is 0.0543. The topological polar surface area (TPSA) is 192 Å². The van der Waals surface area contributed by atoms with Gasteiger partial charge in [-0.1, -0.05) is 0 Å². The number of anilines is 2. The van der Waals surface area contributed by atoms with E-state index in [-0.39, 0.29) is 22.9 Å². The minimum Gasteiger partial charge on any atom is -0.388 e. The zero-order valence-corrected chi connectivity index (χ0v) is 14.0. The van der Waals surface area contributed by atoms with Crippen molar-refractivity contribution in [2.75, 3.05) is 24.7 Å². The summed E-state index contributed by atoms with van der Waals surface area (Å²) in [7, 11) is -4.81. The van der Waals surface area contributed by atoms with Gasteiger partial charge in [0.25, 0.3) is 0 Å². The number of imidazole rings is 1. The van der Waals surface area contributed by atoms with Crippen LogP contribution in [0.1, 0.15) is 13.2 Å². The van der Waals surface area contributed by atoms with E-state index in [1.54, 1.807) is 0 Å². The summed E-state index contributed by atoms with van der Waals surface area (Å²) in [5, 5.41) is 9.64. The maximum absolute atomic E-state index is 12.8. The van der Waals surface area contributed by atoms with Crippen molar-refractivity contribution < 1.29 is 33.1 Å². The summed E-state index contributed by atoms with van der Waals surface area (Å²) in [5.41, 5.74) is 11.7. The third kappa shape index (κ3) is 4.81. The maximum atomic E-state index is 12.8. The molecule has 12 nitrogen and oxygen atoms in total. The number of fused-ring (bicyclic) bond motifs is 1. The van der Waals surface area contributed by atoms with E-state index in [9.17, 15) is 14.1 Å². The van der Waals surface area contributed by atoms with Gasteiger partial charge in [-0.3, -0.25) is 9.09 Å². The van der Waals surface area contributed by atoms with Crippen LogP contribution in [-0.2, 0) is 13.8 Å². The number of nitrogens with two attached hydrogens (primary N) is 2. The number of aromatic nitrogens is 4. The van der Waals surface area contributed by atoms with E-state index in [2.05, 4.69) is 19.5 Å². The molecule has 0 aliphatic carbocycles. The Balaban J connectivity index is 2.23. The SMILES string of the molecule is CC(O[C@H](COP(=O)(O)O)C(O)CF)n1cnc2c(N)nc(N)nc21. The highest BCUT2D eigenvalue weighted by Crippen LogP contribution is 2.36. The molecule has 2 aromatic heterocycles. The van der Waals surface area contributed by atoms with Gasteiger partial charge < -0.3 is 31.1 Å². The number of nitrogen functional groups attached to an aromatic ring is 2. The molecule has 0 spiro atoms. The summed E-state index contributed by atoms with van der Waals surface area (Å²) in [6.45, 7) is -0.411. The molecule has 0 saturated heterocycles. The van der Waals surface area contributed by atoms with Gasteiger partial charge in [-0.25, -0.2) is 13.9 Å². The lowest BCUT2D eigenvalue weighted by molar-refractivity contribution is -0.118. The van der Waals surface area contributed by atoms with Gasteiger partial charge in [-0.2, -0.15) is 9.97 Å². The van der Waals surface area contributed by atoms with Gasteiger partial charge >= 0.3 is 7.82 Å². The largest absolute Gasteiger partial charge is 0.469 e. The summed E-state index contributed by atoms with van der Waals surface area (Å²) < 4.78 is 34.7. The van der Waals surface area contributed by atoms with E-state index in [0.29, 0.717) is 0 Å². The Bertz CT molecular complexity index is 784. The number of aliphatic hydroxyl groups is 1. The Hall–Kier alpha value is -1.89. The molecule has 0 saturated carbocycles. The van der Waals surface area contributed by atoms with Crippen LogP contribution in [0.25, 0.3) is 11.2 Å². The number of rotatable bonds is 8. The zero-order valence-electron chi connectivity index (χ0n) is 13.1. The van der Waals surface area contributed by atoms with Crippen LogP contribution >= 0.6 is 7.82 Å². The Morgan fingerprint density at radius 1 is 1.40 bits per heavy atom. The fourth-order valence-corrected chi connectivity index (χ4v) is 2.39. The number of phosphoric acid groups is 1. The molecule has 3 atom stereocenters. The van der Waals surface area contributed by atoms with Crippen molar-refractivity contribution in [3.8, 4) is 0 Å². The molecule has 2 aromatic rings. The lowest BCUT2D eigenvalue weighted by Gasteiger charge is -2.26. The van der Waals surface area contributed by atoms with Gasteiger partial charge in [-0.15, -0.1) is 0 Å². The standard InChI is InChI=1S/C11H18FN6O6P/c1-5(24-7(6(19)2-12)3-23-25(20,21)22)18-4-15-8-9(13)16-11(14)17-10(8)18/h4-7,19H,2-3H2,1H3,(H2,20,21,22)(H4,13,14,16,17)/t5?,6?,7-/m1/s1. The highest BCUT2D eigenvalue weighted by molar-refractivity contribution is 7.46. The fourth-order valence-electron chi connectivity index (χ4n) is 2.05. The molecule has 2 rings (SSSR count). The summed E-state index contributed by atoms with van der Waals surface area (Å²) in [6.07, 6.45) is -2.57. The predicted molar refractivity (Wildman–Crippen MR) is 83.7 cm³/mol. The van der Waals surface area contributed by atoms with Gasteiger partial charge in [0, 0.05) is 0 Å². The van der Waals surface area contributed by atoms with Crippen LogP contribution in [-0.4, -0.2) is 59.9 Å². The molecule has 7 N–H and O–H groups in total. The lowest BCUT2D eigenvalue weighted by atomic mass is 10.2. The van der Waals surface area contributed by atoms with E-state index in [1.165, 1.54) is 17.8 Å². The second-order valence-electron chi connectivity index (χ2n) is 5.07. The highest BCUT2D eigenvalue weighted by Gasteiger charge is 2.27. The summed E-state index contributed by atoms with van der Waals surface area (Å²) in [4.78, 5) is 29.3. The van der Waals surface area contributed by atoms with Gasteiger partial charge in [0.2, 0.25) is 5.95 Å². The van der Waals surface area contributed by atoms with Gasteiger partial charge in [-0.05, 0) is 6.92 Å². The molecule has 2 heterocycles.